The monoisotopic (exact) mass is 461 g/mol. The van der Waals surface area contributed by atoms with E-state index >= 15 is 0 Å². The lowest BCUT2D eigenvalue weighted by molar-refractivity contribution is -0.150. The van der Waals surface area contributed by atoms with Crippen molar-refractivity contribution >= 4 is 17.8 Å². The van der Waals surface area contributed by atoms with Crippen molar-refractivity contribution in [3.63, 3.8) is 0 Å². The zero-order valence-corrected chi connectivity index (χ0v) is 21.3. The van der Waals surface area contributed by atoms with Crippen LogP contribution in [0.2, 0.25) is 0 Å². The van der Waals surface area contributed by atoms with Gasteiger partial charge in [0, 0.05) is 7.05 Å². The van der Waals surface area contributed by atoms with Gasteiger partial charge >= 0.3 is 5.97 Å². The number of hydrogen-bond donors (Lipinski definition) is 2. The molecule has 3 N–H and O–H groups in total. The summed E-state index contributed by atoms with van der Waals surface area (Å²) in [7, 11) is 1.61. The summed E-state index contributed by atoms with van der Waals surface area (Å²) < 4.78 is 5.49. The standard InChI is InChI=1S/C26H43N3O4/c1-17(2)13-21(27)25(31)29(7)23(15-19(5)6)24(30)28-22(14-18(3)4)26(32)33-16-20-11-9-8-10-12-20/h8-12,17-19,21-23H,13-16,27H2,1-7H3,(H,28,30)/t21-,22-,23-/m0/s1. The van der Waals surface area contributed by atoms with Crippen molar-refractivity contribution in [3.05, 3.63) is 35.9 Å². The Kier molecular flexibility index (Phi) is 12.1. The molecule has 3 atom stereocenters. The molecule has 0 fully saturated rings. The second-order valence-electron chi connectivity index (χ2n) is 10.1. The number of hydrogen-bond acceptors (Lipinski definition) is 5. The van der Waals surface area contributed by atoms with E-state index < -0.39 is 24.1 Å². The van der Waals surface area contributed by atoms with E-state index in [-0.39, 0.29) is 36.2 Å². The van der Waals surface area contributed by atoms with Crippen molar-refractivity contribution in [1.29, 1.82) is 0 Å². The average molecular weight is 462 g/mol. The number of rotatable bonds is 13. The summed E-state index contributed by atoms with van der Waals surface area (Å²) in [5.41, 5.74) is 6.98. The van der Waals surface area contributed by atoms with Crippen molar-refractivity contribution in [1.82, 2.24) is 10.2 Å². The van der Waals surface area contributed by atoms with Crippen molar-refractivity contribution < 1.29 is 19.1 Å². The molecule has 1 aromatic rings. The highest BCUT2D eigenvalue weighted by atomic mass is 16.5. The average Bonchev–Trinajstić information content (AvgIpc) is 2.74. The normalized spacial score (nSPS) is 14.2. The van der Waals surface area contributed by atoms with Crippen LogP contribution in [0.3, 0.4) is 0 Å². The molecule has 1 rings (SSSR count). The maximum absolute atomic E-state index is 13.3. The molecule has 0 unspecified atom stereocenters. The van der Waals surface area contributed by atoms with Crippen molar-refractivity contribution in [3.8, 4) is 0 Å². The Balaban J connectivity index is 2.95. The molecule has 0 aliphatic carbocycles. The molecule has 0 aliphatic heterocycles. The molecule has 0 heterocycles. The van der Waals surface area contributed by atoms with Gasteiger partial charge in [-0.25, -0.2) is 4.79 Å². The van der Waals surface area contributed by atoms with Crippen LogP contribution in [0, 0.1) is 17.8 Å². The van der Waals surface area contributed by atoms with Gasteiger partial charge in [0.05, 0.1) is 6.04 Å². The predicted molar refractivity (Wildman–Crippen MR) is 131 cm³/mol. The van der Waals surface area contributed by atoms with E-state index in [0.717, 1.165) is 5.56 Å². The van der Waals surface area contributed by atoms with Crippen LogP contribution in [0.25, 0.3) is 0 Å². The molecule has 0 saturated carbocycles. The van der Waals surface area contributed by atoms with Gasteiger partial charge in [-0.3, -0.25) is 9.59 Å². The second kappa shape index (κ2) is 14.0. The summed E-state index contributed by atoms with van der Waals surface area (Å²) in [5, 5.41) is 2.86. The fourth-order valence-electron chi connectivity index (χ4n) is 3.69. The molecule has 0 saturated heterocycles. The maximum Gasteiger partial charge on any atom is 0.328 e. The van der Waals surface area contributed by atoms with E-state index in [2.05, 4.69) is 5.32 Å². The fourth-order valence-corrected chi connectivity index (χ4v) is 3.69. The fraction of sp³-hybridized carbons (Fsp3) is 0.654. The van der Waals surface area contributed by atoms with E-state index in [1.54, 1.807) is 7.05 Å². The topological polar surface area (TPSA) is 102 Å². The quantitative estimate of drug-likeness (QED) is 0.438. The molecular formula is C26H43N3O4. The number of nitrogens with one attached hydrogen (secondary N) is 1. The molecule has 0 aliphatic rings. The summed E-state index contributed by atoms with van der Waals surface area (Å²) in [6, 6.07) is 7.24. The summed E-state index contributed by atoms with van der Waals surface area (Å²) in [4.78, 5) is 40.4. The third kappa shape index (κ3) is 10.4. The first-order valence-corrected chi connectivity index (χ1v) is 12.0. The first-order valence-electron chi connectivity index (χ1n) is 12.0. The summed E-state index contributed by atoms with van der Waals surface area (Å²) in [6.07, 6.45) is 1.45. The molecule has 7 heteroatoms. The molecule has 0 spiro atoms. The zero-order chi connectivity index (χ0) is 25.1. The number of nitrogens with zero attached hydrogens (tertiary/aromatic N) is 1. The summed E-state index contributed by atoms with van der Waals surface area (Å²) >= 11 is 0. The van der Waals surface area contributed by atoms with E-state index in [1.165, 1.54) is 4.90 Å². The smallest absolute Gasteiger partial charge is 0.328 e. The van der Waals surface area contributed by atoms with E-state index in [4.69, 9.17) is 10.5 Å². The first kappa shape index (κ1) is 28.6. The molecule has 33 heavy (non-hydrogen) atoms. The Morgan fingerprint density at radius 1 is 0.909 bits per heavy atom. The highest BCUT2D eigenvalue weighted by Gasteiger charge is 2.33. The number of esters is 1. The van der Waals surface area contributed by atoms with Gasteiger partial charge in [-0.2, -0.15) is 0 Å². The Morgan fingerprint density at radius 2 is 1.45 bits per heavy atom. The number of amides is 2. The second-order valence-corrected chi connectivity index (χ2v) is 10.1. The number of carbonyl (C=O) groups excluding carboxylic acids is 3. The van der Waals surface area contributed by atoms with Crippen LogP contribution >= 0.6 is 0 Å². The maximum atomic E-state index is 13.3. The number of nitrogens with two attached hydrogens (primary N) is 1. The van der Waals surface area contributed by atoms with Crippen LogP contribution in [0.5, 0.6) is 0 Å². The Hall–Kier alpha value is -2.41. The lowest BCUT2D eigenvalue weighted by Gasteiger charge is -2.32. The molecule has 1 aromatic carbocycles. The van der Waals surface area contributed by atoms with Gasteiger partial charge in [0.1, 0.15) is 18.7 Å². The van der Waals surface area contributed by atoms with Crippen LogP contribution in [-0.4, -0.2) is 47.9 Å². The number of likely N-dealkylation sites (N-methyl/N-ethyl adjacent to an activating group) is 1. The molecule has 0 radical (unpaired) electrons. The Bertz CT molecular complexity index is 749. The van der Waals surface area contributed by atoms with Gasteiger partial charge in [0.2, 0.25) is 11.8 Å². The van der Waals surface area contributed by atoms with Crippen LogP contribution in [0.4, 0.5) is 0 Å². The zero-order valence-electron chi connectivity index (χ0n) is 21.3. The number of ether oxygens (including phenoxy) is 1. The molecule has 0 aromatic heterocycles. The SMILES string of the molecule is CC(C)C[C@H](NC(=O)[C@H](CC(C)C)N(C)C(=O)[C@@H](N)CC(C)C)C(=O)OCc1ccccc1. The third-order valence-electron chi connectivity index (χ3n) is 5.39. The first-order chi connectivity index (χ1) is 15.4. The minimum absolute atomic E-state index is 0.141. The summed E-state index contributed by atoms with van der Waals surface area (Å²) in [6.45, 7) is 12.1. The Labute approximate surface area is 199 Å². The van der Waals surface area contributed by atoms with Crippen molar-refractivity contribution in [2.24, 2.45) is 23.5 Å². The van der Waals surface area contributed by atoms with Gasteiger partial charge in [0.15, 0.2) is 0 Å². The Morgan fingerprint density at radius 3 is 1.97 bits per heavy atom. The van der Waals surface area contributed by atoms with Gasteiger partial charge in [-0.1, -0.05) is 71.9 Å². The van der Waals surface area contributed by atoms with E-state index in [0.29, 0.717) is 19.3 Å². The molecule has 7 nitrogen and oxygen atoms in total. The molecule has 186 valence electrons. The van der Waals surface area contributed by atoms with E-state index in [9.17, 15) is 14.4 Å². The summed E-state index contributed by atoms with van der Waals surface area (Å²) in [5.74, 6) is -0.498. The largest absolute Gasteiger partial charge is 0.459 e. The highest BCUT2D eigenvalue weighted by Crippen LogP contribution is 2.16. The minimum Gasteiger partial charge on any atom is -0.459 e. The van der Waals surface area contributed by atoms with Crippen LogP contribution in [0.1, 0.15) is 66.4 Å². The van der Waals surface area contributed by atoms with Crippen LogP contribution in [-0.2, 0) is 25.7 Å². The molecule has 0 bridgehead atoms. The van der Waals surface area contributed by atoms with Crippen molar-refractivity contribution in [2.45, 2.75) is 85.5 Å². The number of carbonyl (C=O) groups is 3. The lowest BCUT2D eigenvalue weighted by atomic mass is 9.98. The highest BCUT2D eigenvalue weighted by molar-refractivity contribution is 5.92. The minimum atomic E-state index is -0.788. The van der Waals surface area contributed by atoms with Gasteiger partial charge in [-0.15, -0.1) is 0 Å². The van der Waals surface area contributed by atoms with Crippen LogP contribution in [0.15, 0.2) is 30.3 Å². The number of benzene rings is 1. The lowest BCUT2D eigenvalue weighted by Crippen LogP contribution is -2.55. The predicted octanol–water partition coefficient (Wildman–Crippen LogP) is 3.51. The van der Waals surface area contributed by atoms with E-state index in [1.807, 2.05) is 71.9 Å². The third-order valence-corrected chi connectivity index (χ3v) is 5.39. The van der Waals surface area contributed by atoms with Gasteiger partial charge < -0.3 is 20.7 Å². The van der Waals surface area contributed by atoms with Gasteiger partial charge in [0.25, 0.3) is 0 Å². The van der Waals surface area contributed by atoms with Crippen molar-refractivity contribution in [2.75, 3.05) is 7.05 Å². The van der Waals surface area contributed by atoms with Gasteiger partial charge in [-0.05, 0) is 42.6 Å². The molecular weight excluding hydrogens is 418 g/mol. The van der Waals surface area contributed by atoms with Crippen LogP contribution < -0.4 is 11.1 Å². The molecule has 2 amide bonds.